The van der Waals surface area contributed by atoms with E-state index in [0.29, 0.717) is 10.7 Å². The maximum atomic E-state index is 10.8. The van der Waals surface area contributed by atoms with Gasteiger partial charge in [0.15, 0.2) is 10.9 Å². The molecule has 5 nitrogen and oxygen atoms in total. The molecule has 0 amide bonds. The summed E-state index contributed by atoms with van der Waals surface area (Å²) in [5.74, 6) is -1.13. The zero-order valence-electron chi connectivity index (χ0n) is 7.39. The highest BCUT2D eigenvalue weighted by Crippen LogP contribution is 2.12. The molecule has 72 valence electrons. The Morgan fingerprint density at radius 1 is 1.79 bits per heavy atom. The lowest BCUT2D eigenvalue weighted by Gasteiger charge is -2.01. The number of hydrogen-bond donors (Lipinski definition) is 1. The molecule has 0 atom stereocenters. The fraction of sp³-hybridized carbons (Fsp3) is 0.250. The molecule has 0 aliphatic heterocycles. The molecule has 1 heterocycles. The molecule has 0 saturated carbocycles. The summed E-state index contributed by atoms with van der Waals surface area (Å²) in [4.78, 5) is 18.5. The molecule has 0 aliphatic carbocycles. The van der Waals surface area contributed by atoms with E-state index in [-0.39, 0.29) is 12.1 Å². The zero-order valence-corrected chi connectivity index (χ0v) is 8.21. The molecule has 0 aromatic carbocycles. The largest absolute Gasteiger partial charge is 0.476 e. The topological polar surface area (TPSA) is 86.9 Å². The van der Waals surface area contributed by atoms with Gasteiger partial charge in [0.05, 0.1) is 12.5 Å². The minimum Gasteiger partial charge on any atom is -0.476 e. The van der Waals surface area contributed by atoms with Crippen molar-refractivity contribution in [1.29, 1.82) is 5.26 Å². The van der Waals surface area contributed by atoms with Crippen LogP contribution in [0.2, 0.25) is 0 Å². The Hall–Kier alpha value is -1.61. The molecule has 1 N–H and O–H groups in total. The van der Waals surface area contributed by atoms with E-state index in [2.05, 4.69) is 9.97 Å². The van der Waals surface area contributed by atoms with Crippen LogP contribution in [0.25, 0.3) is 0 Å². The quantitative estimate of drug-likeness (QED) is 0.589. The van der Waals surface area contributed by atoms with Crippen LogP contribution in [-0.4, -0.2) is 27.3 Å². The van der Waals surface area contributed by atoms with Crippen molar-refractivity contribution in [3.63, 3.8) is 0 Å². The predicted octanol–water partition coefficient (Wildman–Crippen LogP) is 0.963. The monoisotopic (exact) mass is 209 g/mol. The Labute approximate surface area is 84.8 Å². The third-order valence-corrected chi connectivity index (χ3v) is 2.06. The average molecular weight is 209 g/mol. The smallest absolute Gasteiger partial charge is 0.354 e. The molecule has 1 aromatic heterocycles. The van der Waals surface area contributed by atoms with Crippen LogP contribution in [0.5, 0.6) is 0 Å². The van der Waals surface area contributed by atoms with Crippen molar-refractivity contribution in [2.75, 3.05) is 6.26 Å². The maximum absolute atomic E-state index is 10.8. The van der Waals surface area contributed by atoms with Crippen molar-refractivity contribution in [2.45, 2.75) is 11.6 Å². The van der Waals surface area contributed by atoms with Gasteiger partial charge in [-0.05, 0) is 6.26 Å². The van der Waals surface area contributed by atoms with E-state index in [9.17, 15) is 4.79 Å². The highest BCUT2D eigenvalue weighted by molar-refractivity contribution is 7.98. The summed E-state index contributed by atoms with van der Waals surface area (Å²) < 4.78 is 0. The zero-order chi connectivity index (χ0) is 10.6. The number of nitriles is 1. The lowest BCUT2D eigenvalue weighted by atomic mass is 10.2. The van der Waals surface area contributed by atoms with Gasteiger partial charge in [-0.2, -0.15) is 5.26 Å². The second kappa shape index (κ2) is 4.58. The van der Waals surface area contributed by atoms with Crippen LogP contribution in [-0.2, 0) is 6.42 Å². The summed E-state index contributed by atoms with van der Waals surface area (Å²) in [7, 11) is 0. The molecule has 0 radical (unpaired) electrons. The van der Waals surface area contributed by atoms with Crippen LogP contribution in [0.15, 0.2) is 11.4 Å². The fourth-order valence-corrected chi connectivity index (χ4v) is 1.23. The standard InChI is InChI=1S/C8H7N3O2S/c1-14-8-10-4-5(2-3-9)6(11-8)7(12)13/h4H,2H2,1H3,(H,12,13). The normalized spacial score (nSPS) is 9.43. The number of aromatic nitrogens is 2. The van der Waals surface area contributed by atoms with Crippen molar-refractivity contribution >= 4 is 17.7 Å². The van der Waals surface area contributed by atoms with Crippen LogP contribution in [0.4, 0.5) is 0 Å². The number of carboxylic acids is 1. The first-order valence-electron chi connectivity index (χ1n) is 3.69. The van der Waals surface area contributed by atoms with Gasteiger partial charge in [0.1, 0.15) is 0 Å². The first-order chi connectivity index (χ1) is 6.69. The number of rotatable bonds is 3. The molecule has 6 heteroatoms. The third kappa shape index (κ3) is 2.20. The molecular formula is C8H7N3O2S. The average Bonchev–Trinajstić information content (AvgIpc) is 2.18. The SMILES string of the molecule is CSc1ncc(CC#N)c(C(=O)O)n1. The van der Waals surface area contributed by atoms with E-state index in [1.54, 1.807) is 6.26 Å². The molecule has 1 rings (SSSR count). The van der Waals surface area contributed by atoms with Crippen molar-refractivity contribution in [2.24, 2.45) is 0 Å². The number of nitrogens with zero attached hydrogens (tertiary/aromatic N) is 3. The second-order valence-electron chi connectivity index (χ2n) is 2.37. The van der Waals surface area contributed by atoms with Gasteiger partial charge in [-0.3, -0.25) is 0 Å². The molecule has 0 bridgehead atoms. The minimum atomic E-state index is -1.13. The Bertz CT molecular complexity index is 400. The van der Waals surface area contributed by atoms with Gasteiger partial charge >= 0.3 is 5.97 Å². The summed E-state index contributed by atoms with van der Waals surface area (Å²) >= 11 is 1.26. The highest BCUT2D eigenvalue weighted by Gasteiger charge is 2.13. The van der Waals surface area contributed by atoms with Crippen LogP contribution < -0.4 is 0 Å². The molecule has 1 aromatic rings. The summed E-state index contributed by atoms with van der Waals surface area (Å²) in [5, 5.41) is 17.6. The summed E-state index contributed by atoms with van der Waals surface area (Å²) in [6.07, 6.45) is 3.15. The number of carbonyl (C=O) groups is 1. The summed E-state index contributed by atoms with van der Waals surface area (Å²) in [6, 6.07) is 1.87. The Balaban J connectivity index is 3.18. The Kier molecular flexibility index (Phi) is 3.42. The first-order valence-corrected chi connectivity index (χ1v) is 4.91. The molecule has 0 fully saturated rings. The first kappa shape index (κ1) is 10.5. The van der Waals surface area contributed by atoms with Crippen molar-refractivity contribution < 1.29 is 9.90 Å². The van der Waals surface area contributed by atoms with Gasteiger partial charge < -0.3 is 5.11 Å². The molecule has 0 spiro atoms. The fourth-order valence-electron chi connectivity index (χ4n) is 0.889. The van der Waals surface area contributed by atoms with Crippen molar-refractivity contribution in [3.8, 4) is 6.07 Å². The number of thioether (sulfide) groups is 1. The van der Waals surface area contributed by atoms with Gasteiger partial charge in [0.2, 0.25) is 0 Å². The van der Waals surface area contributed by atoms with Gasteiger partial charge in [-0.15, -0.1) is 0 Å². The molecular weight excluding hydrogens is 202 g/mol. The Morgan fingerprint density at radius 3 is 3.00 bits per heavy atom. The van der Waals surface area contributed by atoms with Crippen LogP contribution >= 0.6 is 11.8 Å². The predicted molar refractivity (Wildman–Crippen MR) is 50.1 cm³/mol. The van der Waals surface area contributed by atoms with Crippen molar-refractivity contribution in [1.82, 2.24) is 9.97 Å². The Morgan fingerprint density at radius 2 is 2.50 bits per heavy atom. The number of aromatic carboxylic acids is 1. The van der Waals surface area contributed by atoms with Crippen LogP contribution in [0.1, 0.15) is 16.1 Å². The van der Waals surface area contributed by atoms with Gasteiger partial charge in [0, 0.05) is 11.8 Å². The lowest BCUT2D eigenvalue weighted by Crippen LogP contribution is -2.07. The second-order valence-corrected chi connectivity index (χ2v) is 3.14. The number of hydrogen-bond acceptors (Lipinski definition) is 5. The van der Waals surface area contributed by atoms with E-state index in [1.807, 2.05) is 6.07 Å². The summed E-state index contributed by atoms with van der Waals surface area (Å²) in [5.41, 5.74) is 0.253. The van der Waals surface area contributed by atoms with Gasteiger partial charge in [-0.25, -0.2) is 14.8 Å². The molecule has 14 heavy (non-hydrogen) atoms. The minimum absolute atomic E-state index is 0.0102. The third-order valence-electron chi connectivity index (χ3n) is 1.50. The van der Waals surface area contributed by atoms with Gasteiger partial charge in [-0.1, -0.05) is 11.8 Å². The molecule has 0 saturated heterocycles. The van der Waals surface area contributed by atoms with E-state index in [4.69, 9.17) is 10.4 Å². The molecule has 0 unspecified atom stereocenters. The van der Waals surface area contributed by atoms with E-state index < -0.39 is 5.97 Å². The van der Waals surface area contributed by atoms with Crippen molar-refractivity contribution in [3.05, 3.63) is 17.5 Å². The number of carboxylic acid groups (broad SMARTS) is 1. The van der Waals surface area contributed by atoms with Crippen LogP contribution in [0.3, 0.4) is 0 Å². The van der Waals surface area contributed by atoms with E-state index in [0.717, 1.165) is 0 Å². The molecule has 0 aliphatic rings. The lowest BCUT2D eigenvalue weighted by molar-refractivity contribution is 0.0688. The summed E-state index contributed by atoms with van der Waals surface area (Å²) in [6.45, 7) is 0. The van der Waals surface area contributed by atoms with Gasteiger partial charge in [0.25, 0.3) is 0 Å². The van der Waals surface area contributed by atoms with E-state index >= 15 is 0 Å². The highest BCUT2D eigenvalue weighted by atomic mass is 32.2. The van der Waals surface area contributed by atoms with E-state index in [1.165, 1.54) is 18.0 Å². The maximum Gasteiger partial charge on any atom is 0.354 e. The van der Waals surface area contributed by atoms with Crippen LogP contribution in [0, 0.1) is 11.3 Å².